The Bertz CT molecular complexity index is 1170. The topological polar surface area (TPSA) is 85.5 Å². The summed E-state index contributed by atoms with van der Waals surface area (Å²) in [6, 6.07) is 17.4. The molecule has 0 aliphatic carbocycles. The number of nitrogens with one attached hydrogen (secondary N) is 1. The van der Waals surface area contributed by atoms with Gasteiger partial charge in [-0.1, -0.05) is 18.2 Å². The molecule has 2 heterocycles. The summed E-state index contributed by atoms with van der Waals surface area (Å²) >= 11 is 0. The highest BCUT2D eigenvalue weighted by Gasteiger charge is 2.18. The summed E-state index contributed by atoms with van der Waals surface area (Å²) in [4.78, 5) is 12.6. The Morgan fingerprint density at radius 1 is 1.24 bits per heavy atom. The molecule has 7 nitrogen and oxygen atoms in total. The molecule has 1 saturated heterocycles. The average molecular weight is 446 g/mol. The Hall–Kier alpha value is -3.76. The Kier molecular flexibility index (Phi) is 7.28. The van der Waals surface area contributed by atoms with E-state index >= 15 is 0 Å². The minimum atomic E-state index is -0.382. The van der Waals surface area contributed by atoms with E-state index in [4.69, 9.17) is 14.2 Å². The number of carbonyl (C=O) groups excluding carboxylic acids is 1. The molecule has 170 valence electrons. The first-order valence-electron chi connectivity index (χ1n) is 11.0. The largest absolute Gasteiger partial charge is 0.497 e. The van der Waals surface area contributed by atoms with Crippen LogP contribution in [-0.4, -0.2) is 43.4 Å². The van der Waals surface area contributed by atoms with Crippen molar-refractivity contribution in [2.75, 3.05) is 26.9 Å². The van der Waals surface area contributed by atoms with E-state index in [1.54, 1.807) is 13.2 Å². The van der Waals surface area contributed by atoms with Crippen LogP contribution in [0.2, 0.25) is 0 Å². The number of amides is 1. The zero-order valence-electron chi connectivity index (χ0n) is 18.6. The third-order valence-corrected chi connectivity index (χ3v) is 5.66. The van der Waals surface area contributed by atoms with E-state index in [1.165, 1.54) is 0 Å². The van der Waals surface area contributed by atoms with Gasteiger partial charge in [-0.05, 0) is 49.2 Å². The lowest BCUT2D eigenvalue weighted by Gasteiger charge is -2.10. The van der Waals surface area contributed by atoms with Crippen molar-refractivity contribution in [1.29, 1.82) is 5.26 Å². The highest BCUT2D eigenvalue weighted by Crippen LogP contribution is 2.24. The van der Waals surface area contributed by atoms with E-state index < -0.39 is 0 Å². The summed E-state index contributed by atoms with van der Waals surface area (Å²) < 4.78 is 18.7. The van der Waals surface area contributed by atoms with Crippen LogP contribution in [0.3, 0.4) is 0 Å². The van der Waals surface area contributed by atoms with Gasteiger partial charge in [-0.15, -0.1) is 0 Å². The van der Waals surface area contributed by atoms with Gasteiger partial charge in [-0.2, -0.15) is 5.26 Å². The average Bonchev–Trinajstić information content (AvgIpc) is 3.50. The molecular weight excluding hydrogens is 418 g/mol. The van der Waals surface area contributed by atoms with Gasteiger partial charge in [-0.25, -0.2) is 0 Å². The fourth-order valence-corrected chi connectivity index (χ4v) is 3.92. The molecule has 0 unspecified atom stereocenters. The minimum Gasteiger partial charge on any atom is -0.497 e. The van der Waals surface area contributed by atoms with E-state index in [1.807, 2.05) is 60.8 Å². The quantitative estimate of drug-likeness (QED) is 0.398. The Morgan fingerprint density at radius 3 is 2.76 bits per heavy atom. The number of rotatable bonds is 9. The number of nitriles is 1. The Labute approximate surface area is 193 Å². The molecule has 1 fully saturated rings. The predicted octanol–water partition coefficient (Wildman–Crippen LogP) is 3.93. The number of ether oxygens (including phenoxy) is 3. The van der Waals surface area contributed by atoms with Crippen LogP contribution in [-0.2, 0) is 16.1 Å². The molecule has 2 aromatic carbocycles. The maximum atomic E-state index is 12.6. The number of aromatic nitrogens is 1. The molecule has 4 rings (SSSR count). The second-order valence-electron chi connectivity index (χ2n) is 7.83. The van der Waals surface area contributed by atoms with Crippen LogP contribution in [0.1, 0.15) is 18.4 Å². The molecule has 1 N–H and O–H groups in total. The van der Waals surface area contributed by atoms with Crippen LogP contribution in [0.5, 0.6) is 11.5 Å². The minimum absolute atomic E-state index is 0.0292. The Morgan fingerprint density at radius 2 is 2.03 bits per heavy atom. The third kappa shape index (κ3) is 5.54. The summed E-state index contributed by atoms with van der Waals surface area (Å²) in [6.45, 7) is 2.24. The van der Waals surface area contributed by atoms with Crippen LogP contribution in [0, 0.1) is 11.3 Å². The summed E-state index contributed by atoms with van der Waals surface area (Å²) in [6.07, 6.45) is 5.56. The van der Waals surface area contributed by atoms with Gasteiger partial charge >= 0.3 is 0 Å². The summed E-state index contributed by atoms with van der Waals surface area (Å²) in [5.41, 5.74) is 1.91. The smallest absolute Gasteiger partial charge is 0.262 e. The zero-order chi connectivity index (χ0) is 23.0. The van der Waals surface area contributed by atoms with E-state index in [0.717, 1.165) is 47.4 Å². The number of fused-ring (bicyclic) bond motifs is 1. The van der Waals surface area contributed by atoms with Gasteiger partial charge < -0.3 is 24.1 Å². The number of methoxy groups -OCH3 is 1. The number of hydrogen-bond donors (Lipinski definition) is 1. The van der Waals surface area contributed by atoms with E-state index in [-0.39, 0.29) is 17.6 Å². The molecule has 0 spiro atoms. The molecule has 1 amide bonds. The second-order valence-corrected chi connectivity index (χ2v) is 7.83. The van der Waals surface area contributed by atoms with Crippen LogP contribution in [0.25, 0.3) is 17.0 Å². The molecule has 3 aromatic rings. The van der Waals surface area contributed by atoms with E-state index in [0.29, 0.717) is 19.7 Å². The lowest BCUT2D eigenvalue weighted by Crippen LogP contribution is -2.32. The van der Waals surface area contributed by atoms with E-state index in [9.17, 15) is 10.1 Å². The first-order valence-corrected chi connectivity index (χ1v) is 11.0. The monoisotopic (exact) mass is 445 g/mol. The van der Waals surface area contributed by atoms with Gasteiger partial charge in [0.2, 0.25) is 0 Å². The Balaban J connectivity index is 1.47. The first kappa shape index (κ1) is 22.4. The number of carbonyl (C=O) groups is 1. The first-order chi connectivity index (χ1) is 16.2. The molecule has 1 atom stereocenters. The molecule has 33 heavy (non-hydrogen) atoms. The number of hydrogen-bond acceptors (Lipinski definition) is 5. The van der Waals surface area contributed by atoms with Crippen molar-refractivity contribution in [2.24, 2.45) is 0 Å². The van der Waals surface area contributed by atoms with Crippen molar-refractivity contribution < 1.29 is 19.0 Å². The van der Waals surface area contributed by atoms with Gasteiger partial charge in [0, 0.05) is 35.8 Å². The van der Waals surface area contributed by atoms with Crippen molar-refractivity contribution in [1.82, 2.24) is 9.88 Å². The number of benzene rings is 2. The fourth-order valence-electron chi connectivity index (χ4n) is 3.92. The zero-order valence-corrected chi connectivity index (χ0v) is 18.6. The van der Waals surface area contributed by atoms with Gasteiger partial charge in [0.1, 0.15) is 29.7 Å². The molecule has 1 aliphatic rings. The fraction of sp³-hybridized carbons (Fsp3) is 0.308. The van der Waals surface area contributed by atoms with Crippen LogP contribution in [0.15, 0.2) is 60.3 Å². The second kappa shape index (κ2) is 10.7. The number of nitrogens with zero attached hydrogens (tertiary/aromatic N) is 2. The van der Waals surface area contributed by atoms with E-state index in [2.05, 4.69) is 9.88 Å². The summed E-state index contributed by atoms with van der Waals surface area (Å²) in [7, 11) is 1.63. The summed E-state index contributed by atoms with van der Waals surface area (Å²) in [5, 5.41) is 13.4. The third-order valence-electron chi connectivity index (χ3n) is 5.66. The summed E-state index contributed by atoms with van der Waals surface area (Å²) in [5.74, 6) is 1.16. The van der Waals surface area contributed by atoms with Gasteiger partial charge in [0.15, 0.2) is 0 Å². The lowest BCUT2D eigenvalue weighted by atomic mass is 10.1. The van der Waals surface area contributed by atoms with Crippen molar-refractivity contribution in [3.8, 4) is 17.6 Å². The lowest BCUT2D eigenvalue weighted by molar-refractivity contribution is -0.117. The van der Waals surface area contributed by atoms with Gasteiger partial charge in [0.05, 0.1) is 19.8 Å². The molecule has 0 radical (unpaired) electrons. The predicted molar refractivity (Wildman–Crippen MR) is 126 cm³/mol. The van der Waals surface area contributed by atoms with Crippen molar-refractivity contribution in [3.05, 3.63) is 65.9 Å². The van der Waals surface area contributed by atoms with Crippen molar-refractivity contribution in [3.63, 3.8) is 0 Å². The molecule has 1 aromatic heterocycles. The van der Waals surface area contributed by atoms with Crippen LogP contribution >= 0.6 is 0 Å². The maximum Gasteiger partial charge on any atom is 0.262 e. The molecule has 0 bridgehead atoms. The maximum absolute atomic E-state index is 12.6. The molecule has 7 heteroatoms. The SMILES string of the molecule is COc1ccc(OCCn2cc(/C=C(\C#N)C(=O)NC[C@@H]3CCCO3)c3ccccc32)cc1. The molecule has 0 saturated carbocycles. The highest BCUT2D eigenvalue weighted by molar-refractivity contribution is 6.04. The normalized spacial score (nSPS) is 15.9. The van der Waals surface area contributed by atoms with Crippen LogP contribution < -0.4 is 14.8 Å². The van der Waals surface area contributed by atoms with Crippen molar-refractivity contribution >= 4 is 22.9 Å². The molecule has 1 aliphatic heterocycles. The van der Waals surface area contributed by atoms with Crippen LogP contribution in [0.4, 0.5) is 0 Å². The van der Waals surface area contributed by atoms with Gasteiger partial charge in [0.25, 0.3) is 5.91 Å². The highest BCUT2D eigenvalue weighted by atomic mass is 16.5. The van der Waals surface area contributed by atoms with Gasteiger partial charge in [-0.3, -0.25) is 4.79 Å². The molecular formula is C26H27N3O4. The number of para-hydroxylation sites is 1. The van der Waals surface area contributed by atoms with Crippen molar-refractivity contribution in [2.45, 2.75) is 25.5 Å². The standard InChI is InChI=1S/C26H27N3O4/c1-31-21-8-10-22(11-9-21)33-14-12-29-18-20(24-6-2-3-7-25(24)29)15-19(16-27)26(30)28-17-23-5-4-13-32-23/h2-3,6-11,15,18,23H,4-5,12-14,17H2,1H3,(H,28,30)/b19-15+/t23-/m0/s1.